The van der Waals surface area contributed by atoms with Crippen LogP contribution in [0.4, 0.5) is 13.2 Å². The second kappa shape index (κ2) is 6.25. The van der Waals surface area contributed by atoms with Gasteiger partial charge in [0.05, 0.1) is 6.42 Å². The predicted molar refractivity (Wildman–Crippen MR) is 55.3 cm³/mol. The first-order valence-electron chi connectivity index (χ1n) is 4.95. The van der Waals surface area contributed by atoms with Crippen LogP contribution in [-0.4, -0.2) is 30.7 Å². The fourth-order valence-electron chi connectivity index (χ4n) is 1.19. The second-order valence-electron chi connectivity index (χ2n) is 3.44. The number of rotatable bonds is 6. The van der Waals surface area contributed by atoms with Gasteiger partial charge >= 0.3 is 12.1 Å². The summed E-state index contributed by atoms with van der Waals surface area (Å²) in [5.74, 6) is -0.739. The number of hydrogen-bond acceptors (Lipinski definition) is 3. The first-order chi connectivity index (χ1) is 8.37. The molecule has 0 fully saturated rings. The minimum Gasteiger partial charge on any atom is -0.481 e. The van der Waals surface area contributed by atoms with Crippen molar-refractivity contribution < 1.29 is 32.5 Å². The van der Waals surface area contributed by atoms with E-state index in [-0.39, 0.29) is 12.2 Å². The van der Waals surface area contributed by atoms with Crippen LogP contribution in [0.5, 0.6) is 5.75 Å². The van der Waals surface area contributed by atoms with Crippen molar-refractivity contribution in [2.75, 3.05) is 13.4 Å². The third-order valence-electron chi connectivity index (χ3n) is 1.83. The molecule has 7 heteroatoms. The summed E-state index contributed by atoms with van der Waals surface area (Å²) in [6, 6.07) is 6.07. The highest BCUT2D eigenvalue weighted by Gasteiger charge is 2.27. The average Bonchev–Trinajstić information content (AvgIpc) is 2.23. The van der Waals surface area contributed by atoms with Crippen molar-refractivity contribution in [1.82, 2.24) is 0 Å². The smallest absolute Gasteiger partial charge is 0.411 e. The van der Waals surface area contributed by atoms with Crippen LogP contribution in [0.2, 0.25) is 0 Å². The van der Waals surface area contributed by atoms with Gasteiger partial charge < -0.3 is 14.6 Å². The molecule has 0 amide bonds. The molecule has 0 aliphatic heterocycles. The molecule has 4 nitrogen and oxygen atoms in total. The summed E-state index contributed by atoms with van der Waals surface area (Å²) in [5, 5.41) is 8.57. The van der Waals surface area contributed by atoms with Gasteiger partial charge in [0.1, 0.15) is 12.4 Å². The van der Waals surface area contributed by atoms with Crippen molar-refractivity contribution in [2.24, 2.45) is 0 Å². The van der Waals surface area contributed by atoms with Crippen LogP contribution in [0.25, 0.3) is 0 Å². The molecule has 0 unspecified atom stereocenters. The van der Waals surface area contributed by atoms with E-state index in [0.717, 1.165) is 0 Å². The van der Waals surface area contributed by atoms with Crippen LogP contribution >= 0.6 is 0 Å². The minimum atomic E-state index is -4.39. The fraction of sp³-hybridized carbons (Fsp3) is 0.364. The third-order valence-corrected chi connectivity index (χ3v) is 1.83. The van der Waals surface area contributed by atoms with E-state index in [0.29, 0.717) is 5.56 Å². The van der Waals surface area contributed by atoms with E-state index in [1.54, 1.807) is 12.1 Å². The molecule has 1 aromatic carbocycles. The Morgan fingerprint density at radius 1 is 1.33 bits per heavy atom. The monoisotopic (exact) mass is 264 g/mol. The van der Waals surface area contributed by atoms with Crippen LogP contribution in [0, 0.1) is 0 Å². The van der Waals surface area contributed by atoms with Gasteiger partial charge in [0.15, 0.2) is 6.79 Å². The van der Waals surface area contributed by atoms with Crippen molar-refractivity contribution in [2.45, 2.75) is 12.6 Å². The lowest BCUT2D eigenvalue weighted by molar-refractivity contribution is -0.186. The number of carbonyl (C=O) groups is 1. The second-order valence-corrected chi connectivity index (χ2v) is 3.44. The maximum Gasteiger partial charge on any atom is 0.411 e. The Hall–Kier alpha value is -1.76. The fourth-order valence-corrected chi connectivity index (χ4v) is 1.19. The SMILES string of the molecule is O=C(O)Cc1cccc(OCOCC(F)(F)F)c1. The van der Waals surface area contributed by atoms with E-state index >= 15 is 0 Å². The first-order valence-corrected chi connectivity index (χ1v) is 4.95. The number of carboxylic acids is 1. The molecule has 1 N–H and O–H groups in total. The van der Waals surface area contributed by atoms with E-state index in [2.05, 4.69) is 4.74 Å². The molecule has 1 rings (SSSR count). The summed E-state index contributed by atoms with van der Waals surface area (Å²) in [5.41, 5.74) is 0.496. The Bertz CT molecular complexity index is 404. The summed E-state index contributed by atoms with van der Waals surface area (Å²) in [6.45, 7) is -1.93. The van der Waals surface area contributed by atoms with Crippen molar-refractivity contribution >= 4 is 5.97 Å². The summed E-state index contributed by atoms with van der Waals surface area (Å²) < 4.78 is 44.4. The van der Waals surface area contributed by atoms with Gasteiger partial charge in [-0.25, -0.2) is 0 Å². The van der Waals surface area contributed by atoms with Crippen molar-refractivity contribution in [3.8, 4) is 5.75 Å². The maximum atomic E-state index is 11.7. The molecule has 1 aromatic rings. The van der Waals surface area contributed by atoms with Crippen LogP contribution in [-0.2, 0) is 16.0 Å². The largest absolute Gasteiger partial charge is 0.481 e. The van der Waals surface area contributed by atoms with Gasteiger partial charge in [0.25, 0.3) is 0 Å². The summed E-state index contributed by atoms with van der Waals surface area (Å²) >= 11 is 0. The van der Waals surface area contributed by atoms with Gasteiger partial charge in [-0.3, -0.25) is 4.79 Å². The van der Waals surface area contributed by atoms with Gasteiger partial charge in [-0.05, 0) is 17.7 Å². The van der Waals surface area contributed by atoms with Crippen LogP contribution in [0.15, 0.2) is 24.3 Å². The van der Waals surface area contributed by atoms with Crippen molar-refractivity contribution in [3.63, 3.8) is 0 Å². The van der Waals surface area contributed by atoms with E-state index in [4.69, 9.17) is 9.84 Å². The summed E-state index contributed by atoms with van der Waals surface area (Å²) in [4.78, 5) is 10.5. The predicted octanol–water partition coefficient (Wildman–Crippen LogP) is 2.23. The highest BCUT2D eigenvalue weighted by atomic mass is 19.4. The van der Waals surface area contributed by atoms with Crippen molar-refractivity contribution in [3.05, 3.63) is 29.8 Å². The molecule has 0 aliphatic carbocycles. The summed E-state index contributed by atoms with van der Waals surface area (Å²) in [6.07, 6.45) is -4.57. The molecule has 0 saturated carbocycles. The lowest BCUT2D eigenvalue weighted by atomic mass is 10.1. The lowest BCUT2D eigenvalue weighted by Crippen LogP contribution is -2.19. The molecule has 0 spiro atoms. The highest BCUT2D eigenvalue weighted by molar-refractivity contribution is 5.70. The normalized spacial score (nSPS) is 11.3. The molecular weight excluding hydrogens is 253 g/mol. The number of aliphatic carboxylic acids is 1. The highest BCUT2D eigenvalue weighted by Crippen LogP contribution is 2.16. The number of benzene rings is 1. The zero-order valence-electron chi connectivity index (χ0n) is 9.24. The molecule has 0 radical (unpaired) electrons. The lowest BCUT2D eigenvalue weighted by Gasteiger charge is -2.09. The standard InChI is InChI=1S/C11H11F3O4/c12-11(13,14)6-17-7-18-9-3-1-2-8(4-9)5-10(15)16/h1-4H,5-7H2,(H,15,16). The number of hydrogen-bond donors (Lipinski definition) is 1. The zero-order chi connectivity index (χ0) is 13.6. The molecule has 0 aliphatic rings. The molecule has 18 heavy (non-hydrogen) atoms. The minimum absolute atomic E-state index is 0.180. The molecule has 0 bridgehead atoms. The van der Waals surface area contributed by atoms with Crippen LogP contribution in [0.3, 0.4) is 0 Å². The molecule has 0 aromatic heterocycles. The van der Waals surface area contributed by atoms with Gasteiger partial charge in [-0.15, -0.1) is 0 Å². The van der Waals surface area contributed by atoms with Gasteiger partial charge in [-0.2, -0.15) is 13.2 Å². The first kappa shape index (κ1) is 14.3. The Kier molecular flexibility index (Phi) is 4.96. The van der Waals surface area contributed by atoms with Gasteiger partial charge in [0, 0.05) is 0 Å². The molecule has 0 saturated heterocycles. The molecule has 100 valence electrons. The van der Waals surface area contributed by atoms with Crippen LogP contribution < -0.4 is 4.74 Å². The Labute approximate surface area is 101 Å². The van der Waals surface area contributed by atoms with Gasteiger partial charge in [0.2, 0.25) is 0 Å². The van der Waals surface area contributed by atoms with E-state index in [1.165, 1.54) is 12.1 Å². The maximum absolute atomic E-state index is 11.7. The Morgan fingerprint density at radius 3 is 2.67 bits per heavy atom. The van der Waals surface area contributed by atoms with E-state index in [1.807, 2.05) is 0 Å². The molecule has 0 atom stereocenters. The van der Waals surface area contributed by atoms with Crippen LogP contribution in [0.1, 0.15) is 5.56 Å². The number of carboxylic acid groups (broad SMARTS) is 1. The topological polar surface area (TPSA) is 55.8 Å². The van der Waals surface area contributed by atoms with E-state index < -0.39 is 25.5 Å². The number of ether oxygens (including phenoxy) is 2. The van der Waals surface area contributed by atoms with E-state index in [9.17, 15) is 18.0 Å². The molecular formula is C11H11F3O4. The zero-order valence-corrected chi connectivity index (χ0v) is 9.24. The number of halogens is 3. The Balaban J connectivity index is 2.40. The third kappa shape index (κ3) is 6.09. The van der Waals surface area contributed by atoms with Crippen molar-refractivity contribution in [1.29, 1.82) is 0 Å². The quantitative estimate of drug-likeness (QED) is 0.632. The number of alkyl halides is 3. The Morgan fingerprint density at radius 2 is 2.06 bits per heavy atom. The average molecular weight is 264 g/mol. The molecule has 0 heterocycles. The van der Waals surface area contributed by atoms with Gasteiger partial charge in [-0.1, -0.05) is 12.1 Å². The summed E-state index contributed by atoms with van der Waals surface area (Å²) in [7, 11) is 0.